The SMILES string of the molecule is CCC(O)(CC)C[C@H](C)C(C)C. The Kier molecular flexibility index (Phi) is 4.84. The van der Waals surface area contributed by atoms with Crippen molar-refractivity contribution in [2.75, 3.05) is 0 Å². The molecule has 0 aromatic rings. The number of aliphatic hydroxyl groups is 1. The topological polar surface area (TPSA) is 20.2 Å². The van der Waals surface area contributed by atoms with Crippen molar-refractivity contribution in [2.24, 2.45) is 11.8 Å². The Morgan fingerprint density at radius 3 is 1.75 bits per heavy atom. The summed E-state index contributed by atoms with van der Waals surface area (Å²) in [7, 11) is 0. The van der Waals surface area contributed by atoms with Crippen LogP contribution >= 0.6 is 0 Å². The van der Waals surface area contributed by atoms with E-state index in [1.54, 1.807) is 0 Å². The Hall–Kier alpha value is -0.0400. The van der Waals surface area contributed by atoms with Gasteiger partial charge >= 0.3 is 0 Å². The van der Waals surface area contributed by atoms with Gasteiger partial charge in [-0.2, -0.15) is 0 Å². The monoisotopic (exact) mass is 172 g/mol. The van der Waals surface area contributed by atoms with Gasteiger partial charge in [0.1, 0.15) is 0 Å². The molecule has 0 aromatic carbocycles. The van der Waals surface area contributed by atoms with Gasteiger partial charge in [0.25, 0.3) is 0 Å². The Bertz CT molecular complexity index is 114. The Labute approximate surface area is 77.2 Å². The van der Waals surface area contributed by atoms with Gasteiger partial charge in [-0.25, -0.2) is 0 Å². The van der Waals surface area contributed by atoms with Crippen LogP contribution in [0.25, 0.3) is 0 Å². The highest BCUT2D eigenvalue weighted by molar-refractivity contribution is 4.78. The molecule has 0 saturated heterocycles. The fourth-order valence-electron chi connectivity index (χ4n) is 1.37. The van der Waals surface area contributed by atoms with Gasteiger partial charge in [0.15, 0.2) is 0 Å². The summed E-state index contributed by atoms with van der Waals surface area (Å²) in [6, 6.07) is 0. The molecule has 0 rings (SSSR count). The summed E-state index contributed by atoms with van der Waals surface area (Å²) >= 11 is 0. The lowest BCUT2D eigenvalue weighted by Crippen LogP contribution is -2.30. The van der Waals surface area contributed by atoms with Crippen LogP contribution in [0.15, 0.2) is 0 Å². The van der Waals surface area contributed by atoms with Crippen LogP contribution in [0.5, 0.6) is 0 Å². The predicted octanol–water partition coefficient (Wildman–Crippen LogP) is 3.22. The summed E-state index contributed by atoms with van der Waals surface area (Å²) in [4.78, 5) is 0. The lowest BCUT2D eigenvalue weighted by Gasteiger charge is -2.30. The zero-order valence-electron chi connectivity index (χ0n) is 9.22. The highest BCUT2D eigenvalue weighted by Crippen LogP contribution is 2.27. The van der Waals surface area contributed by atoms with E-state index in [1.807, 2.05) is 0 Å². The Morgan fingerprint density at radius 2 is 1.50 bits per heavy atom. The van der Waals surface area contributed by atoms with E-state index < -0.39 is 5.60 Å². The zero-order chi connectivity index (χ0) is 9.78. The van der Waals surface area contributed by atoms with Crippen molar-refractivity contribution in [1.82, 2.24) is 0 Å². The van der Waals surface area contributed by atoms with Gasteiger partial charge < -0.3 is 5.11 Å². The third-order valence-corrected chi connectivity index (χ3v) is 3.16. The maximum atomic E-state index is 10.0. The standard InChI is InChI=1S/C11H24O/c1-6-11(12,7-2)8-10(5)9(3)4/h9-10,12H,6-8H2,1-5H3/t10-/m0/s1. The average molecular weight is 172 g/mol. The summed E-state index contributed by atoms with van der Waals surface area (Å²) in [6.45, 7) is 10.8. The van der Waals surface area contributed by atoms with Crippen LogP contribution in [0.1, 0.15) is 53.9 Å². The number of hydrogen-bond acceptors (Lipinski definition) is 1. The first kappa shape index (κ1) is 12.0. The molecule has 0 bridgehead atoms. The molecule has 12 heavy (non-hydrogen) atoms. The molecule has 0 saturated carbocycles. The van der Waals surface area contributed by atoms with Gasteiger partial charge in [0.05, 0.1) is 5.60 Å². The van der Waals surface area contributed by atoms with Crippen molar-refractivity contribution in [2.45, 2.75) is 59.5 Å². The molecular formula is C11H24O. The second-order valence-electron chi connectivity index (χ2n) is 4.36. The quantitative estimate of drug-likeness (QED) is 0.675. The van der Waals surface area contributed by atoms with Gasteiger partial charge in [-0.15, -0.1) is 0 Å². The van der Waals surface area contributed by atoms with Crippen molar-refractivity contribution in [3.63, 3.8) is 0 Å². The molecule has 0 radical (unpaired) electrons. The molecule has 0 unspecified atom stereocenters. The highest BCUT2D eigenvalue weighted by atomic mass is 16.3. The van der Waals surface area contributed by atoms with Crippen LogP contribution in [0, 0.1) is 11.8 Å². The van der Waals surface area contributed by atoms with Gasteiger partial charge in [0, 0.05) is 0 Å². The second kappa shape index (κ2) is 4.86. The Morgan fingerprint density at radius 1 is 1.08 bits per heavy atom. The van der Waals surface area contributed by atoms with Crippen molar-refractivity contribution >= 4 is 0 Å². The third-order valence-electron chi connectivity index (χ3n) is 3.16. The van der Waals surface area contributed by atoms with Crippen LogP contribution in [-0.4, -0.2) is 10.7 Å². The average Bonchev–Trinajstić information content (AvgIpc) is 2.04. The molecular weight excluding hydrogens is 148 g/mol. The normalized spacial score (nSPS) is 15.2. The molecule has 0 heterocycles. The number of rotatable bonds is 5. The van der Waals surface area contributed by atoms with Crippen LogP contribution < -0.4 is 0 Å². The summed E-state index contributed by atoms with van der Waals surface area (Å²) in [6.07, 6.45) is 2.69. The van der Waals surface area contributed by atoms with Crippen molar-refractivity contribution in [1.29, 1.82) is 0 Å². The lowest BCUT2D eigenvalue weighted by atomic mass is 9.82. The fourth-order valence-corrected chi connectivity index (χ4v) is 1.37. The largest absolute Gasteiger partial charge is 0.390 e. The molecule has 0 aliphatic carbocycles. The van der Waals surface area contributed by atoms with Crippen LogP contribution in [0.3, 0.4) is 0 Å². The lowest BCUT2D eigenvalue weighted by molar-refractivity contribution is 0.00421. The molecule has 1 N–H and O–H groups in total. The van der Waals surface area contributed by atoms with E-state index in [0.717, 1.165) is 19.3 Å². The predicted molar refractivity (Wildman–Crippen MR) is 54.2 cm³/mol. The molecule has 0 fully saturated rings. The van der Waals surface area contributed by atoms with Crippen molar-refractivity contribution < 1.29 is 5.11 Å². The second-order valence-corrected chi connectivity index (χ2v) is 4.36. The summed E-state index contributed by atoms with van der Waals surface area (Å²) in [5, 5.41) is 10.0. The molecule has 74 valence electrons. The van der Waals surface area contributed by atoms with E-state index in [2.05, 4.69) is 34.6 Å². The molecule has 0 aromatic heterocycles. The highest BCUT2D eigenvalue weighted by Gasteiger charge is 2.25. The van der Waals surface area contributed by atoms with E-state index in [9.17, 15) is 5.11 Å². The van der Waals surface area contributed by atoms with E-state index >= 15 is 0 Å². The summed E-state index contributed by atoms with van der Waals surface area (Å²) in [5.41, 5.74) is -0.413. The van der Waals surface area contributed by atoms with Crippen LogP contribution in [0.2, 0.25) is 0 Å². The van der Waals surface area contributed by atoms with E-state index in [1.165, 1.54) is 0 Å². The first-order chi connectivity index (χ1) is 5.45. The van der Waals surface area contributed by atoms with Gasteiger partial charge in [0.2, 0.25) is 0 Å². The molecule has 1 nitrogen and oxygen atoms in total. The maximum Gasteiger partial charge on any atom is 0.0645 e. The minimum Gasteiger partial charge on any atom is -0.390 e. The van der Waals surface area contributed by atoms with Gasteiger partial charge in [-0.3, -0.25) is 0 Å². The summed E-state index contributed by atoms with van der Waals surface area (Å²) < 4.78 is 0. The minimum atomic E-state index is -0.413. The summed E-state index contributed by atoms with van der Waals surface area (Å²) in [5.74, 6) is 1.30. The van der Waals surface area contributed by atoms with Crippen molar-refractivity contribution in [3.8, 4) is 0 Å². The zero-order valence-corrected chi connectivity index (χ0v) is 9.22. The number of hydrogen-bond donors (Lipinski definition) is 1. The Balaban J connectivity index is 4.02. The maximum absolute atomic E-state index is 10.0. The smallest absolute Gasteiger partial charge is 0.0645 e. The van der Waals surface area contributed by atoms with Crippen LogP contribution in [-0.2, 0) is 0 Å². The van der Waals surface area contributed by atoms with Crippen LogP contribution in [0.4, 0.5) is 0 Å². The van der Waals surface area contributed by atoms with E-state index in [4.69, 9.17) is 0 Å². The van der Waals surface area contributed by atoms with Gasteiger partial charge in [-0.05, 0) is 31.1 Å². The minimum absolute atomic E-state index is 0.413. The molecule has 0 aliphatic heterocycles. The molecule has 0 aliphatic rings. The first-order valence-electron chi connectivity index (χ1n) is 5.17. The molecule has 1 heteroatoms. The molecule has 1 atom stereocenters. The van der Waals surface area contributed by atoms with Gasteiger partial charge in [-0.1, -0.05) is 34.6 Å². The van der Waals surface area contributed by atoms with E-state index in [0.29, 0.717) is 11.8 Å². The molecule has 0 spiro atoms. The van der Waals surface area contributed by atoms with Crippen molar-refractivity contribution in [3.05, 3.63) is 0 Å². The first-order valence-corrected chi connectivity index (χ1v) is 5.17. The van der Waals surface area contributed by atoms with E-state index in [-0.39, 0.29) is 0 Å². The third kappa shape index (κ3) is 3.57. The fraction of sp³-hybridized carbons (Fsp3) is 1.00. The molecule has 0 amide bonds.